The molecule has 0 atom stereocenters. The van der Waals surface area contributed by atoms with Gasteiger partial charge in [0.2, 0.25) is 12.7 Å². The lowest BCUT2D eigenvalue weighted by atomic mass is 9.74. The first kappa shape index (κ1) is 18.5. The molecule has 0 spiro atoms. The Kier molecular flexibility index (Phi) is 5.30. The van der Waals surface area contributed by atoms with Crippen molar-refractivity contribution in [2.75, 3.05) is 26.6 Å². The van der Waals surface area contributed by atoms with Crippen LogP contribution in [0.2, 0.25) is 0 Å². The third-order valence-electron chi connectivity index (χ3n) is 5.33. The number of hydrogen-bond acceptors (Lipinski definition) is 4. The number of fused-ring (bicyclic) bond motifs is 1. The van der Waals surface area contributed by atoms with Gasteiger partial charge in [0.25, 0.3) is 0 Å². The second-order valence-corrected chi connectivity index (χ2v) is 7.06. The summed E-state index contributed by atoms with van der Waals surface area (Å²) in [5, 5.41) is 3.01. The molecular formula is C22H22FNO4. The molecule has 2 aromatic rings. The smallest absolute Gasteiger partial charge is 0.244 e. The van der Waals surface area contributed by atoms with E-state index in [4.69, 9.17) is 14.2 Å². The minimum atomic E-state index is -0.299. The lowest BCUT2D eigenvalue weighted by molar-refractivity contribution is -0.116. The molecule has 5 nitrogen and oxygen atoms in total. The van der Waals surface area contributed by atoms with Crippen LogP contribution in [0.4, 0.5) is 4.39 Å². The molecule has 0 radical (unpaired) electrons. The van der Waals surface area contributed by atoms with Gasteiger partial charge in [-0.25, -0.2) is 4.39 Å². The summed E-state index contributed by atoms with van der Waals surface area (Å²) in [7, 11) is 0. The third kappa shape index (κ3) is 4.02. The van der Waals surface area contributed by atoms with Crippen LogP contribution in [0.1, 0.15) is 24.0 Å². The highest BCUT2D eigenvalue weighted by Gasteiger charge is 2.35. The van der Waals surface area contributed by atoms with Gasteiger partial charge in [-0.2, -0.15) is 0 Å². The molecule has 1 saturated heterocycles. The summed E-state index contributed by atoms with van der Waals surface area (Å²) >= 11 is 0. The lowest BCUT2D eigenvalue weighted by Crippen LogP contribution is -2.44. The van der Waals surface area contributed by atoms with Crippen LogP contribution in [-0.2, 0) is 14.9 Å². The van der Waals surface area contributed by atoms with Gasteiger partial charge in [-0.05, 0) is 54.3 Å². The second-order valence-electron chi connectivity index (χ2n) is 7.06. The summed E-state index contributed by atoms with van der Waals surface area (Å²) in [5.41, 5.74) is 1.68. The Morgan fingerprint density at radius 2 is 1.82 bits per heavy atom. The van der Waals surface area contributed by atoms with Crippen molar-refractivity contribution in [2.45, 2.75) is 18.3 Å². The maximum atomic E-state index is 13.0. The van der Waals surface area contributed by atoms with Crippen LogP contribution < -0.4 is 14.8 Å². The Balaban J connectivity index is 1.46. The molecule has 2 aliphatic heterocycles. The summed E-state index contributed by atoms with van der Waals surface area (Å²) in [6, 6.07) is 12.0. The highest BCUT2D eigenvalue weighted by atomic mass is 19.1. The van der Waals surface area contributed by atoms with Gasteiger partial charge in [-0.3, -0.25) is 4.79 Å². The van der Waals surface area contributed by atoms with E-state index in [-0.39, 0.29) is 23.9 Å². The van der Waals surface area contributed by atoms with Crippen molar-refractivity contribution in [1.82, 2.24) is 5.32 Å². The van der Waals surface area contributed by atoms with Crippen molar-refractivity contribution in [3.05, 3.63) is 65.5 Å². The van der Waals surface area contributed by atoms with Crippen molar-refractivity contribution in [2.24, 2.45) is 0 Å². The van der Waals surface area contributed by atoms with E-state index in [0.717, 1.165) is 35.5 Å². The minimum absolute atomic E-state index is 0.184. The van der Waals surface area contributed by atoms with Crippen molar-refractivity contribution in [3.8, 4) is 11.5 Å². The molecule has 0 saturated carbocycles. The zero-order valence-electron chi connectivity index (χ0n) is 15.4. The number of amides is 1. The number of hydrogen-bond donors (Lipinski definition) is 1. The molecular weight excluding hydrogens is 361 g/mol. The Bertz CT molecular complexity index is 873. The standard InChI is InChI=1S/C22H22FNO4/c23-18-5-1-16(2-6-18)3-8-21(25)24-14-22(9-11-26-12-10-22)17-4-7-19-20(13-17)28-15-27-19/h1-8,13H,9-12,14-15H2,(H,24,25). The number of carbonyl (C=O) groups is 1. The van der Waals surface area contributed by atoms with Crippen LogP contribution in [0.15, 0.2) is 48.5 Å². The van der Waals surface area contributed by atoms with Crippen LogP contribution >= 0.6 is 0 Å². The fourth-order valence-electron chi connectivity index (χ4n) is 3.62. The largest absolute Gasteiger partial charge is 0.454 e. The number of carbonyl (C=O) groups excluding carboxylic acids is 1. The van der Waals surface area contributed by atoms with E-state index in [9.17, 15) is 9.18 Å². The summed E-state index contributed by atoms with van der Waals surface area (Å²) in [5.74, 6) is 1.01. The van der Waals surface area contributed by atoms with Crippen LogP contribution in [0, 0.1) is 5.82 Å². The quantitative estimate of drug-likeness (QED) is 0.804. The molecule has 28 heavy (non-hydrogen) atoms. The fraction of sp³-hybridized carbons (Fsp3) is 0.318. The molecule has 2 aromatic carbocycles. The number of nitrogens with one attached hydrogen (secondary N) is 1. The highest BCUT2D eigenvalue weighted by molar-refractivity contribution is 5.91. The zero-order chi connectivity index (χ0) is 19.4. The SMILES string of the molecule is O=C(C=Cc1ccc(F)cc1)NCC1(c2ccc3c(c2)OCO3)CCOCC1. The normalized spacial score (nSPS) is 17.6. The summed E-state index contributed by atoms with van der Waals surface area (Å²) in [6.45, 7) is 2.04. The Morgan fingerprint density at radius 3 is 2.61 bits per heavy atom. The Morgan fingerprint density at radius 1 is 1.07 bits per heavy atom. The molecule has 6 heteroatoms. The first-order valence-electron chi connectivity index (χ1n) is 9.34. The molecule has 1 fully saturated rings. The van der Waals surface area contributed by atoms with Gasteiger partial charge in [0.05, 0.1) is 0 Å². The van der Waals surface area contributed by atoms with Gasteiger partial charge in [-0.15, -0.1) is 0 Å². The Hall–Kier alpha value is -2.86. The molecule has 0 unspecified atom stereocenters. The zero-order valence-corrected chi connectivity index (χ0v) is 15.4. The first-order chi connectivity index (χ1) is 13.6. The first-order valence-corrected chi connectivity index (χ1v) is 9.34. The monoisotopic (exact) mass is 383 g/mol. The number of rotatable bonds is 5. The van der Waals surface area contributed by atoms with Gasteiger partial charge in [0, 0.05) is 31.2 Å². The second kappa shape index (κ2) is 8.02. The third-order valence-corrected chi connectivity index (χ3v) is 5.33. The Labute approximate surface area is 163 Å². The number of ether oxygens (including phenoxy) is 3. The van der Waals surface area contributed by atoms with E-state index in [1.165, 1.54) is 18.2 Å². The summed E-state index contributed by atoms with van der Waals surface area (Å²) < 4.78 is 29.4. The van der Waals surface area contributed by atoms with E-state index < -0.39 is 0 Å². The van der Waals surface area contributed by atoms with Crippen LogP contribution in [0.5, 0.6) is 11.5 Å². The summed E-state index contributed by atoms with van der Waals surface area (Å²) in [6.07, 6.45) is 4.77. The van der Waals surface area contributed by atoms with Crippen LogP contribution in [0.3, 0.4) is 0 Å². The van der Waals surface area contributed by atoms with Crippen molar-refractivity contribution in [1.29, 1.82) is 0 Å². The van der Waals surface area contributed by atoms with E-state index in [2.05, 4.69) is 5.32 Å². The van der Waals surface area contributed by atoms with Gasteiger partial charge in [-0.1, -0.05) is 18.2 Å². The molecule has 2 aliphatic rings. The van der Waals surface area contributed by atoms with Gasteiger partial charge >= 0.3 is 0 Å². The minimum Gasteiger partial charge on any atom is -0.454 e. The van der Waals surface area contributed by atoms with Gasteiger partial charge < -0.3 is 19.5 Å². The van der Waals surface area contributed by atoms with E-state index in [1.807, 2.05) is 18.2 Å². The predicted octanol–water partition coefficient (Wildman–Crippen LogP) is 3.43. The molecule has 4 rings (SSSR count). The molecule has 0 aromatic heterocycles. The topological polar surface area (TPSA) is 56.8 Å². The lowest BCUT2D eigenvalue weighted by Gasteiger charge is -2.38. The van der Waals surface area contributed by atoms with E-state index in [1.54, 1.807) is 18.2 Å². The van der Waals surface area contributed by atoms with Crippen LogP contribution in [-0.4, -0.2) is 32.5 Å². The molecule has 0 bridgehead atoms. The maximum absolute atomic E-state index is 13.0. The van der Waals surface area contributed by atoms with Crippen molar-refractivity contribution >= 4 is 12.0 Å². The summed E-state index contributed by atoms with van der Waals surface area (Å²) in [4.78, 5) is 12.3. The van der Waals surface area contributed by atoms with Crippen molar-refractivity contribution < 1.29 is 23.4 Å². The predicted molar refractivity (Wildman–Crippen MR) is 103 cm³/mol. The average molecular weight is 383 g/mol. The van der Waals surface area contributed by atoms with Gasteiger partial charge in [0.1, 0.15) is 5.82 Å². The van der Waals surface area contributed by atoms with Gasteiger partial charge in [0.15, 0.2) is 11.5 Å². The van der Waals surface area contributed by atoms with Crippen molar-refractivity contribution in [3.63, 3.8) is 0 Å². The van der Waals surface area contributed by atoms with E-state index >= 15 is 0 Å². The highest BCUT2D eigenvalue weighted by Crippen LogP contribution is 2.40. The molecule has 146 valence electrons. The average Bonchev–Trinajstić information content (AvgIpc) is 3.20. The molecule has 0 aliphatic carbocycles. The number of benzene rings is 2. The maximum Gasteiger partial charge on any atom is 0.244 e. The van der Waals surface area contributed by atoms with Crippen LogP contribution in [0.25, 0.3) is 6.08 Å². The molecule has 1 N–H and O–H groups in total. The molecule has 2 heterocycles. The fourth-order valence-corrected chi connectivity index (χ4v) is 3.62. The molecule has 1 amide bonds. The number of halogens is 1. The van der Waals surface area contributed by atoms with E-state index in [0.29, 0.717) is 19.8 Å².